The van der Waals surface area contributed by atoms with Crippen LogP contribution in [0.2, 0.25) is 0 Å². The summed E-state index contributed by atoms with van der Waals surface area (Å²) in [5.74, 6) is 1.94. The maximum absolute atomic E-state index is 13.2. The van der Waals surface area contributed by atoms with Crippen molar-refractivity contribution < 1.29 is 18.8 Å². The summed E-state index contributed by atoms with van der Waals surface area (Å²) in [7, 11) is 0. The summed E-state index contributed by atoms with van der Waals surface area (Å²) >= 11 is 0. The summed E-state index contributed by atoms with van der Waals surface area (Å²) < 4.78 is 16.1. The quantitative estimate of drug-likeness (QED) is 0.684. The van der Waals surface area contributed by atoms with Gasteiger partial charge in [-0.2, -0.15) is 4.98 Å². The minimum absolute atomic E-state index is 0.148. The maximum Gasteiger partial charge on any atom is 0.254 e. The Morgan fingerprint density at radius 2 is 1.82 bits per heavy atom. The third-order valence-corrected chi connectivity index (χ3v) is 4.47. The van der Waals surface area contributed by atoms with Crippen molar-refractivity contribution in [2.24, 2.45) is 0 Å². The van der Waals surface area contributed by atoms with Crippen molar-refractivity contribution in [3.8, 4) is 22.9 Å². The molecule has 0 bridgehead atoms. The molecule has 0 saturated carbocycles. The summed E-state index contributed by atoms with van der Waals surface area (Å²) in [6.45, 7) is 6.27. The van der Waals surface area contributed by atoms with E-state index in [0.717, 1.165) is 5.56 Å². The van der Waals surface area contributed by atoms with Crippen molar-refractivity contribution >= 4 is 5.91 Å². The Hall–Kier alpha value is -3.35. The molecule has 1 aliphatic rings. The van der Waals surface area contributed by atoms with Gasteiger partial charge in [-0.05, 0) is 39.0 Å². The molecule has 0 radical (unpaired) electrons. The Morgan fingerprint density at radius 1 is 1.07 bits per heavy atom. The number of benzene rings is 2. The van der Waals surface area contributed by atoms with Gasteiger partial charge in [0.25, 0.3) is 5.91 Å². The lowest BCUT2D eigenvalue weighted by Gasteiger charge is -2.34. The monoisotopic (exact) mass is 379 g/mol. The van der Waals surface area contributed by atoms with E-state index in [1.165, 1.54) is 0 Å². The van der Waals surface area contributed by atoms with Gasteiger partial charge in [-0.15, -0.1) is 0 Å². The molecule has 0 atom stereocenters. The number of amides is 1. The molecular formula is C21H21N3O4. The molecule has 144 valence electrons. The molecule has 0 N–H and O–H groups in total. The smallest absolute Gasteiger partial charge is 0.254 e. The zero-order valence-corrected chi connectivity index (χ0v) is 16.0. The van der Waals surface area contributed by atoms with Gasteiger partial charge < -0.3 is 18.9 Å². The molecule has 28 heavy (non-hydrogen) atoms. The largest absolute Gasteiger partial charge is 0.454 e. The summed E-state index contributed by atoms with van der Waals surface area (Å²) in [6, 6.07) is 14.8. The fraction of sp³-hybridized carbons (Fsp3) is 0.286. The van der Waals surface area contributed by atoms with Crippen molar-refractivity contribution in [2.45, 2.75) is 32.9 Å². The first-order valence-corrected chi connectivity index (χ1v) is 9.01. The van der Waals surface area contributed by atoms with Gasteiger partial charge in [-0.25, -0.2) is 0 Å². The number of hydrogen-bond donors (Lipinski definition) is 0. The van der Waals surface area contributed by atoms with E-state index in [-0.39, 0.29) is 19.2 Å². The van der Waals surface area contributed by atoms with E-state index >= 15 is 0 Å². The zero-order valence-electron chi connectivity index (χ0n) is 16.0. The lowest BCUT2D eigenvalue weighted by molar-refractivity contribution is 0.0526. The SMILES string of the molecule is CC(C)(C)N(Cc1nc(-c2ccccc2)no1)C(=O)c1ccc2c(c1)OCO2. The van der Waals surface area contributed by atoms with E-state index < -0.39 is 5.54 Å². The minimum Gasteiger partial charge on any atom is -0.454 e. The number of rotatable bonds is 4. The topological polar surface area (TPSA) is 77.7 Å². The summed E-state index contributed by atoms with van der Waals surface area (Å²) in [5.41, 5.74) is 0.929. The summed E-state index contributed by atoms with van der Waals surface area (Å²) in [5, 5.41) is 4.04. The first kappa shape index (κ1) is 18.0. The molecule has 1 amide bonds. The number of carbonyl (C=O) groups excluding carboxylic acids is 1. The normalized spacial score (nSPS) is 12.8. The van der Waals surface area contributed by atoms with Crippen LogP contribution in [0.1, 0.15) is 37.0 Å². The van der Waals surface area contributed by atoms with Gasteiger partial charge in [0.2, 0.25) is 18.5 Å². The van der Waals surface area contributed by atoms with Crippen molar-refractivity contribution in [1.29, 1.82) is 0 Å². The molecule has 1 aliphatic heterocycles. The van der Waals surface area contributed by atoms with E-state index in [0.29, 0.717) is 28.8 Å². The maximum atomic E-state index is 13.2. The van der Waals surface area contributed by atoms with E-state index in [2.05, 4.69) is 10.1 Å². The number of carbonyl (C=O) groups is 1. The highest BCUT2D eigenvalue weighted by molar-refractivity contribution is 5.95. The number of aromatic nitrogens is 2. The van der Waals surface area contributed by atoms with Crippen LogP contribution in [0.5, 0.6) is 11.5 Å². The molecule has 0 aliphatic carbocycles. The van der Waals surface area contributed by atoms with Gasteiger partial charge in [0.05, 0.1) is 0 Å². The van der Waals surface area contributed by atoms with E-state index in [1.807, 2.05) is 51.1 Å². The molecule has 2 heterocycles. The molecule has 0 fully saturated rings. The van der Waals surface area contributed by atoms with Gasteiger partial charge in [-0.1, -0.05) is 35.5 Å². The molecule has 7 nitrogen and oxygen atoms in total. The highest BCUT2D eigenvalue weighted by Gasteiger charge is 2.30. The van der Waals surface area contributed by atoms with Gasteiger partial charge >= 0.3 is 0 Å². The van der Waals surface area contributed by atoms with E-state index in [4.69, 9.17) is 14.0 Å². The van der Waals surface area contributed by atoms with Crippen molar-refractivity contribution in [2.75, 3.05) is 6.79 Å². The van der Waals surface area contributed by atoms with Crippen LogP contribution >= 0.6 is 0 Å². The first-order chi connectivity index (χ1) is 13.4. The number of nitrogens with zero attached hydrogens (tertiary/aromatic N) is 3. The zero-order chi connectivity index (χ0) is 19.7. The van der Waals surface area contributed by atoms with Gasteiger partial charge in [0.15, 0.2) is 11.5 Å². The highest BCUT2D eigenvalue weighted by atomic mass is 16.7. The van der Waals surface area contributed by atoms with E-state index in [9.17, 15) is 4.79 Å². The fourth-order valence-corrected chi connectivity index (χ4v) is 2.96. The molecule has 7 heteroatoms. The molecule has 4 rings (SSSR count). The van der Waals surface area contributed by atoms with Crippen LogP contribution in [0, 0.1) is 0 Å². The Bertz CT molecular complexity index is 992. The summed E-state index contributed by atoms with van der Waals surface area (Å²) in [6.07, 6.45) is 0. The fourth-order valence-electron chi connectivity index (χ4n) is 2.96. The average molecular weight is 379 g/mol. The molecular weight excluding hydrogens is 358 g/mol. The van der Waals surface area contributed by atoms with Crippen LogP contribution in [-0.4, -0.2) is 33.3 Å². The van der Waals surface area contributed by atoms with E-state index in [1.54, 1.807) is 23.1 Å². The highest BCUT2D eigenvalue weighted by Crippen LogP contribution is 2.33. The minimum atomic E-state index is -0.450. The lowest BCUT2D eigenvalue weighted by atomic mass is 10.0. The number of fused-ring (bicyclic) bond motifs is 1. The Kier molecular flexibility index (Phi) is 4.50. The van der Waals surface area contributed by atoms with Crippen LogP contribution < -0.4 is 9.47 Å². The van der Waals surface area contributed by atoms with Crippen LogP contribution in [0.15, 0.2) is 53.1 Å². The van der Waals surface area contributed by atoms with Gasteiger partial charge in [0, 0.05) is 16.7 Å². The Morgan fingerprint density at radius 3 is 2.57 bits per heavy atom. The first-order valence-electron chi connectivity index (χ1n) is 9.01. The summed E-state index contributed by atoms with van der Waals surface area (Å²) in [4.78, 5) is 19.4. The van der Waals surface area contributed by atoms with Gasteiger partial charge in [-0.3, -0.25) is 4.79 Å². The predicted molar refractivity (Wildman–Crippen MR) is 102 cm³/mol. The molecule has 2 aromatic carbocycles. The Labute approximate surface area is 162 Å². The average Bonchev–Trinajstić information content (AvgIpc) is 3.34. The lowest BCUT2D eigenvalue weighted by Crippen LogP contribution is -2.45. The number of hydrogen-bond acceptors (Lipinski definition) is 6. The number of ether oxygens (including phenoxy) is 2. The molecule has 0 spiro atoms. The van der Waals surface area contributed by atoms with Crippen LogP contribution in [0.3, 0.4) is 0 Å². The van der Waals surface area contributed by atoms with Gasteiger partial charge in [0.1, 0.15) is 6.54 Å². The molecule has 0 unspecified atom stereocenters. The molecule has 1 aromatic heterocycles. The van der Waals surface area contributed by atoms with Crippen molar-refractivity contribution in [1.82, 2.24) is 15.0 Å². The Balaban J connectivity index is 1.59. The predicted octanol–water partition coefficient (Wildman–Crippen LogP) is 3.91. The third-order valence-electron chi connectivity index (χ3n) is 4.47. The molecule has 3 aromatic rings. The molecule has 0 saturated heterocycles. The standard InChI is InChI=1S/C21H21N3O4/c1-21(2,3)24(20(25)15-9-10-16-17(11-15)27-13-26-16)12-18-22-19(23-28-18)14-7-5-4-6-8-14/h4-11H,12-13H2,1-3H3. The van der Waals surface area contributed by atoms with Crippen LogP contribution in [-0.2, 0) is 6.54 Å². The third kappa shape index (κ3) is 3.55. The second-order valence-corrected chi connectivity index (χ2v) is 7.51. The second-order valence-electron chi connectivity index (χ2n) is 7.51. The van der Waals surface area contributed by atoms with Crippen LogP contribution in [0.25, 0.3) is 11.4 Å². The second kappa shape index (κ2) is 6.99. The van der Waals surface area contributed by atoms with Crippen molar-refractivity contribution in [3.05, 3.63) is 60.0 Å². The van der Waals surface area contributed by atoms with Crippen LogP contribution in [0.4, 0.5) is 0 Å². The van der Waals surface area contributed by atoms with Crippen molar-refractivity contribution in [3.63, 3.8) is 0 Å².